The van der Waals surface area contributed by atoms with Crippen molar-refractivity contribution < 1.29 is 18.3 Å². The van der Waals surface area contributed by atoms with Gasteiger partial charge in [0.2, 0.25) is 0 Å². The van der Waals surface area contributed by atoms with Crippen LogP contribution in [0.1, 0.15) is 5.69 Å². The van der Waals surface area contributed by atoms with Crippen molar-refractivity contribution in [1.82, 2.24) is 15.1 Å². The van der Waals surface area contributed by atoms with Gasteiger partial charge in [-0.25, -0.2) is 4.68 Å². The molecule has 0 saturated carbocycles. The topological polar surface area (TPSA) is 51.6 Å². The van der Waals surface area contributed by atoms with E-state index in [0.717, 1.165) is 37.7 Å². The SMILES string of the molecule is Cc1cc(N2CCNCC2)nn1-c1ccc2c(c1)OC(F)(F)O2. The molecule has 1 aromatic heterocycles. The van der Waals surface area contributed by atoms with Crippen molar-refractivity contribution in [3.05, 3.63) is 30.0 Å². The minimum atomic E-state index is -3.61. The van der Waals surface area contributed by atoms with Gasteiger partial charge in [0.25, 0.3) is 0 Å². The van der Waals surface area contributed by atoms with Crippen molar-refractivity contribution in [3.63, 3.8) is 0 Å². The van der Waals surface area contributed by atoms with Crippen LogP contribution in [0.3, 0.4) is 0 Å². The zero-order valence-corrected chi connectivity index (χ0v) is 12.6. The van der Waals surface area contributed by atoms with Crippen LogP contribution >= 0.6 is 0 Å². The number of alkyl halides is 2. The number of anilines is 1. The van der Waals surface area contributed by atoms with E-state index >= 15 is 0 Å². The molecule has 0 aliphatic carbocycles. The maximum absolute atomic E-state index is 13.1. The van der Waals surface area contributed by atoms with Crippen LogP contribution < -0.4 is 19.7 Å². The van der Waals surface area contributed by atoms with Gasteiger partial charge in [-0.1, -0.05) is 0 Å². The van der Waals surface area contributed by atoms with Crippen molar-refractivity contribution in [3.8, 4) is 17.2 Å². The van der Waals surface area contributed by atoms with Crippen LogP contribution in [0.2, 0.25) is 0 Å². The molecule has 4 rings (SSSR count). The third-order valence-electron chi connectivity index (χ3n) is 3.94. The van der Waals surface area contributed by atoms with E-state index in [1.165, 1.54) is 12.1 Å². The Morgan fingerprint density at radius 3 is 2.65 bits per heavy atom. The summed E-state index contributed by atoms with van der Waals surface area (Å²) in [5.74, 6) is 0.934. The normalized spacial score (nSPS) is 19.2. The molecular formula is C15H16F2N4O2. The molecule has 3 heterocycles. The van der Waals surface area contributed by atoms with E-state index in [4.69, 9.17) is 0 Å². The molecular weight excluding hydrogens is 306 g/mol. The van der Waals surface area contributed by atoms with Crippen LogP contribution in [0, 0.1) is 6.92 Å². The third kappa shape index (κ3) is 2.59. The van der Waals surface area contributed by atoms with Gasteiger partial charge in [-0.2, -0.15) is 5.10 Å². The smallest absolute Gasteiger partial charge is 0.395 e. The number of nitrogens with one attached hydrogen (secondary N) is 1. The first-order valence-electron chi connectivity index (χ1n) is 7.44. The quantitative estimate of drug-likeness (QED) is 0.915. The molecule has 0 spiro atoms. The summed E-state index contributed by atoms with van der Waals surface area (Å²) in [5, 5.41) is 7.89. The number of piperazine rings is 1. The maximum Gasteiger partial charge on any atom is 0.586 e. The number of halogens is 2. The van der Waals surface area contributed by atoms with Crippen molar-refractivity contribution in [2.45, 2.75) is 13.2 Å². The fourth-order valence-electron chi connectivity index (χ4n) is 2.84. The van der Waals surface area contributed by atoms with Gasteiger partial charge in [-0.05, 0) is 19.1 Å². The highest BCUT2D eigenvalue weighted by atomic mass is 19.3. The summed E-state index contributed by atoms with van der Waals surface area (Å²) in [6.45, 7) is 5.56. The first-order chi connectivity index (χ1) is 11.0. The van der Waals surface area contributed by atoms with Crippen molar-refractivity contribution in [1.29, 1.82) is 0 Å². The fourth-order valence-corrected chi connectivity index (χ4v) is 2.84. The molecule has 0 amide bonds. The molecule has 0 radical (unpaired) electrons. The minimum absolute atomic E-state index is 0.0196. The van der Waals surface area contributed by atoms with Gasteiger partial charge in [0.05, 0.1) is 5.69 Å². The second-order valence-electron chi connectivity index (χ2n) is 5.59. The molecule has 1 saturated heterocycles. The van der Waals surface area contributed by atoms with Gasteiger partial charge >= 0.3 is 6.29 Å². The largest absolute Gasteiger partial charge is 0.586 e. The lowest BCUT2D eigenvalue weighted by Gasteiger charge is -2.27. The van der Waals surface area contributed by atoms with Gasteiger partial charge in [-0.15, -0.1) is 8.78 Å². The number of hydrogen-bond acceptors (Lipinski definition) is 5. The molecule has 0 unspecified atom stereocenters. The van der Waals surface area contributed by atoms with E-state index in [2.05, 4.69) is 24.8 Å². The molecule has 0 atom stereocenters. The molecule has 0 bridgehead atoms. The van der Waals surface area contributed by atoms with Crippen LogP contribution in [-0.2, 0) is 0 Å². The Morgan fingerprint density at radius 2 is 1.87 bits per heavy atom. The average Bonchev–Trinajstić information content (AvgIpc) is 3.05. The van der Waals surface area contributed by atoms with Crippen molar-refractivity contribution in [2.75, 3.05) is 31.1 Å². The lowest BCUT2D eigenvalue weighted by Crippen LogP contribution is -2.43. The highest BCUT2D eigenvalue weighted by Crippen LogP contribution is 2.41. The Hall–Kier alpha value is -2.35. The highest BCUT2D eigenvalue weighted by molar-refractivity contribution is 5.52. The number of fused-ring (bicyclic) bond motifs is 1. The highest BCUT2D eigenvalue weighted by Gasteiger charge is 2.43. The molecule has 23 heavy (non-hydrogen) atoms. The van der Waals surface area contributed by atoms with Crippen molar-refractivity contribution >= 4 is 5.82 Å². The van der Waals surface area contributed by atoms with Gasteiger partial charge in [-0.3, -0.25) is 0 Å². The third-order valence-corrected chi connectivity index (χ3v) is 3.94. The summed E-state index contributed by atoms with van der Waals surface area (Å²) in [5.41, 5.74) is 1.58. The summed E-state index contributed by atoms with van der Waals surface area (Å²) in [6, 6.07) is 6.66. The summed E-state index contributed by atoms with van der Waals surface area (Å²) < 4.78 is 36.9. The number of nitrogens with zero attached hydrogens (tertiary/aromatic N) is 3. The minimum Gasteiger partial charge on any atom is -0.395 e. The molecule has 2 aliphatic heterocycles. The molecule has 6 nitrogen and oxygen atoms in total. The molecule has 2 aliphatic rings. The predicted octanol–water partition coefficient (Wildman–Crippen LogP) is 1.91. The van der Waals surface area contributed by atoms with Gasteiger partial charge in [0.1, 0.15) is 0 Å². The Morgan fingerprint density at radius 1 is 1.13 bits per heavy atom. The Bertz CT molecular complexity index is 741. The van der Waals surface area contributed by atoms with E-state index in [0.29, 0.717) is 5.69 Å². The standard InChI is InChI=1S/C15H16F2N4O2/c1-10-8-14(20-6-4-18-5-7-20)19-21(10)11-2-3-12-13(9-11)23-15(16,17)22-12/h2-3,8-9,18H,4-7H2,1H3. The summed E-state index contributed by atoms with van der Waals surface area (Å²) in [4.78, 5) is 2.20. The maximum atomic E-state index is 13.1. The van der Waals surface area contributed by atoms with E-state index in [1.54, 1.807) is 10.7 Å². The number of ether oxygens (including phenoxy) is 2. The lowest BCUT2D eigenvalue weighted by atomic mass is 10.2. The fraction of sp³-hybridized carbons (Fsp3) is 0.400. The second-order valence-corrected chi connectivity index (χ2v) is 5.59. The Labute approximate surface area is 131 Å². The first kappa shape index (κ1) is 14.3. The molecule has 8 heteroatoms. The van der Waals surface area contributed by atoms with E-state index in [-0.39, 0.29) is 11.5 Å². The summed E-state index contributed by atoms with van der Waals surface area (Å²) >= 11 is 0. The summed E-state index contributed by atoms with van der Waals surface area (Å²) in [7, 11) is 0. The molecule has 1 aromatic carbocycles. The Kier molecular flexibility index (Phi) is 3.15. The monoisotopic (exact) mass is 322 g/mol. The lowest BCUT2D eigenvalue weighted by molar-refractivity contribution is -0.286. The Balaban J connectivity index is 1.65. The second kappa shape index (κ2) is 5.09. The van der Waals surface area contributed by atoms with Crippen LogP contribution in [-0.4, -0.2) is 42.3 Å². The zero-order valence-electron chi connectivity index (χ0n) is 12.6. The first-order valence-corrected chi connectivity index (χ1v) is 7.44. The van der Waals surface area contributed by atoms with E-state index in [9.17, 15) is 8.78 Å². The predicted molar refractivity (Wildman–Crippen MR) is 79.6 cm³/mol. The van der Waals surface area contributed by atoms with Crippen molar-refractivity contribution in [2.24, 2.45) is 0 Å². The number of hydrogen-bond donors (Lipinski definition) is 1. The number of rotatable bonds is 2. The van der Waals surface area contributed by atoms with Crippen LogP contribution in [0.4, 0.5) is 14.6 Å². The molecule has 1 fully saturated rings. The average molecular weight is 322 g/mol. The van der Waals surface area contributed by atoms with Gasteiger partial charge in [0, 0.05) is 44.0 Å². The van der Waals surface area contributed by atoms with Gasteiger partial charge < -0.3 is 19.7 Å². The molecule has 2 aromatic rings. The number of benzene rings is 1. The molecule has 122 valence electrons. The van der Waals surface area contributed by atoms with E-state index in [1.807, 2.05) is 13.0 Å². The van der Waals surface area contributed by atoms with Gasteiger partial charge in [0.15, 0.2) is 17.3 Å². The zero-order chi connectivity index (χ0) is 16.0. The van der Waals surface area contributed by atoms with Crippen LogP contribution in [0.25, 0.3) is 5.69 Å². The number of aromatic nitrogens is 2. The summed E-state index contributed by atoms with van der Waals surface area (Å²) in [6.07, 6.45) is -3.61. The number of aryl methyl sites for hydroxylation is 1. The van der Waals surface area contributed by atoms with E-state index < -0.39 is 6.29 Å². The molecule has 1 N–H and O–H groups in total. The van der Waals surface area contributed by atoms with Crippen LogP contribution in [0.15, 0.2) is 24.3 Å². The van der Waals surface area contributed by atoms with Crippen LogP contribution in [0.5, 0.6) is 11.5 Å².